The van der Waals surface area contributed by atoms with Gasteiger partial charge in [0, 0.05) is 55.7 Å². The fraction of sp³-hybridized carbons (Fsp3) is 0.464. The van der Waals surface area contributed by atoms with Crippen LogP contribution < -0.4 is 15.8 Å². The molecular formula is C28H39N5O3S. The zero-order chi connectivity index (χ0) is 26.9. The minimum absolute atomic E-state index is 0.00348. The molecule has 3 rings (SSSR count). The second-order valence-electron chi connectivity index (χ2n) is 9.28. The van der Waals surface area contributed by atoms with Crippen LogP contribution in [0.25, 0.3) is 0 Å². The lowest BCUT2D eigenvalue weighted by atomic mass is 9.96. The molecule has 1 aromatic heterocycles. The summed E-state index contributed by atoms with van der Waals surface area (Å²) in [7, 11) is 1.64. The number of ether oxygens (including phenoxy) is 1. The molecule has 0 spiro atoms. The van der Waals surface area contributed by atoms with Gasteiger partial charge in [0.1, 0.15) is 5.75 Å². The van der Waals surface area contributed by atoms with E-state index in [4.69, 9.17) is 10.5 Å². The second-order valence-corrected chi connectivity index (χ2v) is 10.4. The van der Waals surface area contributed by atoms with Gasteiger partial charge in [-0.2, -0.15) is 0 Å². The van der Waals surface area contributed by atoms with Crippen LogP contribution in [0.4, 0.5) is 5.00 Å². The highest BCUT2D eigenvalue weighted by Crippen LogP contribution is 2.37. The molecule has 0 saturated heterocycles. The molecule has 200 valence electrons. The highest BCUT2D eigenvalue weighted by atomic mass is 32.1. The number of methoxy groups -OCH3 is 1. The van der Waals surface area contributed by atoms with Crippen LogP contribution in [0, 0.1) is 0 Å². The molecular weight excluding hydrogens is 486 g/mol. The summed E-state index contributed by atoms with van der Waals surface area (Å²) in [6.45, 7) is 12.5. The number of amides is 2. The van der Waals surface area contributed by atoms with Gasteiger partial charge in [-0.15, -0.1) is 11.3 Å². The molecule has 1 unspecified atom stereocenters. The normalized spacial score (nSPS) is 14.1. The monoisotopic (exact) mass is 525 g/mol. The molecule has 3 N–H and O–H groups in total. The van der Waals surface area contributed by atoms with Gasteiger partial charge >= 0.3 is 0 Å². The number of carbonyl (C=O) groups is 2. The first-order valence-corrected chi connectivity index (χ1v) is 13.6. The molecule has 0 fully saturated rings. The molecule has 0 saturated carbocycles. The van der Waals surface area contributed by atoms with Gasteiger partial charge in [0.25, 0.3) is 0 Å². The van der Waals surface area contributed by atoms with Gasteiger partial charge in [-0.3, -0.25) is 14.6 Å². The van der Waals surface area contributed by atoms with Crippen LogP contribution in [0.3, 0.4) is 0 Å². The lowest BCUT2D eigenvalue weighted by molar-refractivity contribution is -0.132. The maximum Gasteiger partial charge on any atom is 0.225 e. The Labute approximate surface area is 224 Å². The lowest BCUT2D eigenvalue weighted by Crippen LogP contribution is -2.37. The fourth-order valence-corrected chi connectivity index (χ4v) is 5.96. The average Bonchev–Trinajstić information content (AvgIpc) is 3.26. The molecule has 2 aromatic rings. The average molecular weight is 526 g/mol. The topological polar surface area (TPSA) is 100 Å². The van der Waals surface area contributed by atoms with Crippen molar-refractivity contribution in [3.8, 4) is 5.75 Å². The predicted molar refractivity (Wildman–Crippen MR) is 151 cm³/mol. The van der Waals surface area contributed by atoms with E-state index in [2.05, 4.69) is 28.9 Å². The van der Waals surface area contributed by atoms with Gasteiger partial charge < -0.3 is 25.6 Å². The molecule has 1 aromatic carbocycles. The van der Waals surface area contributed by atoms with Gasteiger partial charge in [-0.25, -0.2) is 0 Å². The van der Waals surface area contributed by atoms with E-state index in [1.807, 2.05) is 49.2 Å². The Bertz CT molecular complexity index is 1140. The lowest BCUT2D eigenvalue weighted by Gasteiger charge is -2.28. The largest absolute Gasteiger partial charge is 0.496 e. The van der Waals surface area contributed by atoms with Crippen LogP contribution in [-0.2, 0) is 29.1 Å². The number of thiophene rings is 1. The molecule has 0 aliphatic carbocycles. The zero-order valence-electron chi connectivity index (χ0n) is 22.4. The number of para-hydroxylation sites is 1. The molecule has 1 atom stereocenters. The summed E-state index contributed by atoms with van der Waals surface area (Å²) in [5.41, 5.74) is 10.1. The number of benzene rings is 1. The number of nitrogens with one attached hydrogen (secondary N) is 1. The van der Waals surface area contributed by atoms with Gasteiger partial charge in [0.05, 0.1) is 24.4 Å². The minimum Gasteiger partial charge on any atom is -0.496 e. The second kappa shape index (κ2) is 13.4. The molecule has 9 heteroatoms. The molecule has 37 heavy (non-hydrogen) atoms. The van der Waals surface area contributed by atoms with Crippen molar-refractivity contribution >= 4 is 34.9 Å². The third kappa shape index (κ3) is 7.20. The number of hydrogen-bond acceptors (Lipinski definition) is 7. The number of allylic oxidation sites excluding steroid dienone is 1. The van der Waals surface area contributed by atoms with Crippen LogP contribution >= 0.6 is 11.3 Å². The number of fused-ring (bicyclic) bond motifs is 1. The quantitative estimate of drug-likeness (QED) is 0.397. The van der Waals surface area contributed by atoms with Crippen LogP contribution in [0.5, 0.6) is 5.75 Å². The number of anilines is 1. The van der Waals surface area contributed by atoms with E-state index in [1.165, 1.54) is 16.9 Å². The van der Waals surface area contributed by atoms with Crippen molar-refractivity contribution in [2.24, 2.45) is 10.7 Å². The van der Waals surface area contributed by atoms with Crippen molar-refractivity contribution in [2.75, 3.05) is 32.1 Å². The van der Waals surface area contributed by atoms with Crippen molar-refractivity contribution in [3.05, 3.63) is 57.7 Å². The van der Waals surface area contributed by atoms with Gasteiger partial charge in [-0.1, -0.05) is 25.1 Å². The summed E-state index contributed by atoms with van der Waals surface area (Å²) in [6, 6.07) is 7.78. The smallest absolute Gasteiger partial charge is 0.225 e. The Balaban J connectivity index is 1.64. The third-order valence-corrected chi connectivity index (χ3v) is 7.95. The number of aliphatic imine (C=N–C) groups is 1. The van der Waals surface area contributed by atoms with E-state index in [0.29, 0.717) is 39.0 Å². The van der Waals surface area contributed by atoms with Gasteiger partial charge in [-0.05, 0) is 50.1 Å². The number of rotatable bonds is 12. The first-order chi connectivity index (χ1) is 17.8. The van der Waals surface area contributed by atoms with Crippen molar-refractivity contribution in [1.29, 1.82) is 0 Å². The van der Waals surface area contributed by atoms with Crippen molar-refractivity contribution in [1.82, 2.24) is 9.80 Å². The Hall–Kier alpha value is -3.17. The first-order valence-electron chi connectivity index (χ1n) is 12.7. The Kier molecular flexibility index (Phi) is 10.3. The van der Waals surface area contributed by atoms with Crippen molar-refractivity contribution < 1.29 is 14.3 Å². The van der Waals surface area contributed by atoms with Crippen LogP contribution in [0.2, 0.25) is 0 Å². The molecule has 2 heterocycles. The summed E-state index contributed by atoms with van der Waals surface area (Å²) in [4.78, 5) is 34.9. The number of nitrogens with two attached hydrogens (primary N) is 1. The third-order valence-electron chi connectivity index (χ3n) is 6.78. The van der Waals surface area contributed by atoms with Crippen LogP contribution in [0.15, 0.2) is 41.2 Å². The zero-order valence-corrected chi connectivity index (χ0v) is 23.2. The van der Waals surface area contributed by atoms with Crippen LogP contribution in [0.1, 0.15) is 61.1 Å². The van der Waals surface area contributed by atoms with Gasteiger partial charge in [0.15, 0.2) is 0 Å². The molecule has 2 amide bonds. The van der Waals surface area contributed by atoms with Crippen molar-refractivity contribution in [3.63, 3.8) is 0 Å². The van der Waals surface area contributed by atoms with Gasteiger partial charge in [0.2, 0.25) is 11.8 Å². The van der Waals surface area contributed by atoms with Crippen LogP contribution in [-0.4, -0.2) is 55.1 Å². The summed E-state index contributed by atoms with van der Waals surface area (Å²) in [6.07, 6.45) is 3.45. The van der Waals surface area contributed by atoms with E-state index < -0.39 is 0 Å². The Morgan fingerprint density at radius 3 is 2.81 bits per heavy atom. The maximum atomic E-state index is 13.0. The summed E-state index contributed by atoms with van der Waals surface area (Å²) < 4.78 is 5.46. The highest BCUT2D eigenvalue weighted by Gasteiger charge is 2.27. The maximum absolute atomic E-state index is 13.0. The molecule has 0 bridgehead atoms. The molecule has 0 radical (unpaired) electrons. The van der Waals surface area contributed by atoms with E-state index >= 15 is 0 Å². The van der Waals surface area contributed by atoms with Crippen molar-refractivity contribution in [2.45, 2.75) is 59.0 Å². The molecule has 1 aliphatic heterocycles. The van der Waals surface area contributed by atoms with E-state index in [0.717, 1.165) is 45.4 Å². The standard InChI is InChI=1S/C28H39N5O3S/c1-6-32(17-20(3)30-4)13-12-27(35)33-14-11-22-23(16-29)28(37-25(22)18-33)31-26(34)15-19(2)21-9-7-8-10-24(21)36-5/h7-10,17,19H,4,6,11-16,18,29H2,1-3,5H3,(H,31,34)/b20-17-. The Morgan fingerprint density at radius 2 is 2.14 bits per heavy atom. The van der Waals surface area contributed by atoms with E-state index in [1.54, 1.807) is 7.11 Å². The molecule has 1 aliphatic rings. The SMILES string of the molecule is C=N/C(C)=C\N(CC)CCC(=O)N1CCc2c(sc(NC(=O)CC(C)c3ccccc3OC)c2CN)C1. The Morgan fingerprint density at radius 1 is 1.38 bits per heavy atom. The fourth-order valence-electron chi connectivity index (χ4n) is 4.65. The van der Waals surface area contributed by atoms with E-state index in [-0.39, 0.29) is 17.7 Å². The minimum atomic E-state index is -0.0587. The first kappa shape index (κ1) is 28.4. The van der Waals surface area contributed by atoms with E-state index in [9.17, 15) is 9.59 Å². The summed E-state index contributed by atoms with van der Waals surface area (Å²) >= 11 is 1.54. The molecule has 8 nitrogen and oxygen atoms in total. The predicted octanol–water partition coefficient (Wildman–Crippen LogP) is 4.51. The summed E-state index contributed by atoms with van der Waals surface area (Å²) in [5.74, 6) is 0.855. The number of nitrogens with zero attached hydrogens (tertiary/aromatic N) is 3. The number of carbonyl (C=O) groups excluding carboxylic acids is 2. The summed E-state index contributed by atoms with van der Waals surface area (Å²) in [5, 5.41) is 3.90. The number of hydrogen-bond donors (Lipinski definition) is 2. The highest BCUT2D eigenvalue weighted by molar-refractivity contribution is 7.16.